The number of Topliss-reactive ketones (excluding diaryl/α,β-unsaturated/α-hetero) is 1. The number of ketones is 1. The molecule has 3 rings (SSSR count). The Kier molecular flexibility index (Phi) is 8.51. The lowest BCUT2D eigenvalue weighted by atomic mass is 10.1. The molecule has 3 aromatic carbocycles. The molecule has 0 spiro atoms. The maximum atomic E-state index is 12.3. The molecule has 180 valence electrons. The summed E-state index contributed by atoms with van der Waals surface area (Å²) >= 11 is 0. The summed E-state index contributed by atoms with van der Waals surface area (Å²) in [7, 11) is 0. The van der Waals surface area contributed by atoms with Crippen molar-refractivity contribution in [1.29, 1.82) is 0 Å². The number of benzene rings is 3. The van der Waals surface area contributed by atoms with Crippen molar-refractivity contribution in [3.8, 4) is 5.75 Å². The number of hydrogen-bond donors (Lipinski definition) is 1. The minimum Gasteiger partial charge on any atom is -0.457 e. The molecule has 1 N–H and O–H groups in total. The highest BCUT2D eigenvalue weighted by Crippen LogP contribution is 2.17. The highest BCUT2D eigenvalue weighted by atomic mass is 16.5. The molecule has 0 saturated heterocycles. The second-order valence-corrected chi connectivity index (χ2v) is 8.23. The molecule has 7 heteroatoms. The Bertz CT molecular complexity index is 1230. The summed E-state index contributed by atoms with van der Waals surface area (Å²) in [4.78, 5) is 48.6. The molecular formula is C28H27NO6. The Morgan fingerprint density at radius 2 is 1.37 bits per heavy atom. The summed E-state index contributed by atoms with van der Waals surface area (Å²) in [5, 5.41) is 2.78. The van der Waals surface area contributed by atoms with Crippen LogP contribution in [0.1, 0.15) is 50.2 Å². The predicted molar refractivity (Wildman–Crippen MR) is 132 cm³/mol. The molecule has 0 unspecified atom stereocenters. The molecule has 0 aliphatic heterocycles. The van der Waals surface area contributed by atoms with Gasteiger partial charge in [0.2, 0.25) is 5.91 Å². The van der Waals surface area contributed by atoms with E-state index >= 15 is 0 Å². The van der Waals surface area contributed by atoms with E-state index in [1.54, 1.807) is 12.1 Å². The van der Waals surface area contributed by atoms with Crippen molar-refractivity contribution < 1.29 is 28.7 Å². The zero-order valence-corrected chi connectivity index (χ0v) is 19.9. The van der Waals surface area contributed by atoms with Crippen LogP contribution < -0.4 is 10.1 Å². The van der Waals surface area contributed by atoms with Crippen LogP contribution in [0.15, 0.2) is 66.7 Å². The van der Waals surface area contributed by atoms with Gasteiger partial charge >= 0.3 is 11.9 Å². The molecule has 0 saturated carbocycles. The molecule has 0 heterocycles. The monoisotopic (exact) mass is 473 g/mol. The zero-order chi connectivity index (χ0) is 25.4. The highest BCUT2D eigenvalue weighted by Gasteiger charge is 2.14. The molecule has 0 radical (unpaired) electrons. The van der Waals surface area contributed by atoms with Crippen LogP contribution in [0.4, 0.5) is 5.69 Å². The third kappa shape index (κ3) is 7.64. The molecule has 35 heavy (non-hydrogen) atoms. The molecule has 0 atom stereocenters. The Labute approximate surface area is 204 Å². The smallest absolute Gasteiger partial charge is 0.343 e. The number of esters is 2. The molecule has 0 aliphatic rings. The van der Waals surface area contributed by atoms with Gasteiger partial charge in [0.1, 0.15) is 5.75 Å². The number of anilines is 1. The van der Waals surface area contributed by atoms with E-state index in [0.717, 1.165) is 16.7 Å². The van der Waals surface area contributed by atoms with Crippen molar-refractivity contribution in [2.24, 2.45) is 0 Å². The number of carbonyl (C=O) groups excluding carboxylic acids is 4. The lowest BCUT2D eigenvalue weighted by molar-refractivity contribution is -0.143. The third-order valence-corrected chi connectivity index (χ3v) is 5.26. The second kappa shape index (κ2) is 11.7. The maximum Gasteiger partial charge on any atom is 0.343 e. The third-order valence-electron chi connectivity index (χ3n) is 5.26. The fraction of sp³-hybridized carbons (Fsp3) is 0.214. The quantitative estimate of drug-likeness (QED) is 0.267. The molecule has 0 aliphatic carbocycles. The number of aryl methyl sites for hydroxylation is 3. The minimum atomic E-state index is -0.641. The largest absolute Gasteiger partial charge is 0.457 e. The van der Waals surface area contributed by atoms with Gasteiger partial charge in [-0.05, 0) is 74.4 Å². The zero-order valence-electron chi connectivity index (χ0n) is 19.9. The lowest BCUT2D eigenvalue weighted by Crippen LogP contribution is -2.17. The van der Waals surface area contributed by atoms with Crippen LogP contribution in [-0.4, -0.2) is 30.2 Å². The van der Waals surface area contributed by atoms with Gasteiger partial charge in [-0.15, -0.1) is 0 Å². The average molecular weight is 474 g/mol. The SMILES string of the molecule is Cc1ccc(C(=O)Oc2ccc(C(=O)COC(=O)CCC(=O)Nc3cc(C)ccc3C)cc2)cc1. The average Bonchev–Trinajstić information content (AvgIpc) is 2.84. The number of nitrogens with one attached hydrogen (secondary N) is 1. The molecule has 1 amide bonds. The first kappa shape index (κ1) is 25.4. The highest BCUT2D eigenvalue weighted by molar-refractivity contribution is 5.98. The first-order chi connectivity index (χ1) is 16.7. The normalized spacial score (nSPS) is 10.4. The Balaban J connectivity index is 1.42. The van der Waals surface area contributed by atoms with Gasteiger partial charge in [-0.2, -0.15) is 0 Å². The number of amides is 1. The molecular weight excluding hydrogens is 446 g/mol. The van der Waals surface area contributed by atoms with Crippen molar-refractivity contribution in [2.45, 2.75) is 33.6 Å². The van der Waals surface area contributed by atoms with Crippen LogP contribution in [0.3, 0.4) is 0 Å². The van der Waals surface area contributed by atoms with E-state index in [4.69, 9.17) is 9.47 Å². The summed E-state index contributed by atoms with van der Waals surface area (Å²) in [5.41, 5.74) is 4.40. The van der Waals surface area contributed by atoms with Crippen molar-refractivity contribution >= 4 is 29.3 Å². The van der Waals surface area contributed by atoms with E-state index in [0.29, 0.717) is 22.6 Å². The van der Waals surface area contributed by atoms with E-state index in [2.05, 4.69) is 5.32 Å². The van der Waals surface area contributed by atoms with Crippen molar-refractivity contribution in [3.63, 3.8) is 0 Å². The van der Waals surface area contributed by atoms with Crippen molar-refractivity contribution in [3.05, 3.63) is 94.5 Å². The van der Waals surface area contributed by atoms with E-state index < -0.39 is 24.3 Å². The van der Waals surface area contributed by atoms with Crippen LogP contribution in [0.25, 0.3) is 0 Å². The standard InChI is InChI=1S/C28H27NO6/c1-18-5-8-22(9-6-18)28(33)35-23-12-10-21(11-13-23)25(30)17-34-27(32)15-14-26(31)29-24-16-19(2)4-7-20(24)3/h4-13,16H,14-15,17H2,1-3H3,(H,29,31). The summed E-state index contributed by atoms with van der Waals surface area (Å²) in [6.45, 7) is 5.29. The maximum absolute atomic E-state index is 12.3. The van der Waals surface area contributed by atoms with Gasteiger partial charge in [-0.1, -0.05) is 29.8 Å². The van der Waals surface area contributed by atoms with E-state index in [1.807, 2.05) is 51.1 Å². The van der Waals surface area contributed by atoms with Crippen LogP contribution in [0.2, 0.25) is 0 Å². The van der Waals surface area contributed by atoms with Gasteiger partial charge in [0.05, 0.1) is 12.0 Å². The van der Waals surface area contributed by atoms with Crippen LogP contribution in [-0.2, 0) is 14.3 Å². The summed E-state index contributed by atoms with van der Waals surface area (Å²) in [6.07, 6.45) is -0.195. The molecule has 0 aromatic heterocycles. The lowest BCUT2D eigenvalue weighted by Gasteiger charge is -2.09. The van der Waals surface area contributed by atoms with E-state index in [9.17, 15) is 19.2 Å². The van der Waals surface area contributed by atoms with Crippen molar-refractivity contribution in [2.75, 3.05) is 11.9 Å². The number of hydrogen-bond acceptors (Lipinski definition) is 6. The summed E-state index contributed by atoms with van der Waals surface area (Å²) in [6, 6.07) is 18.7. The van der Waals surface area contributed by atoms with Gasteiger partial charge in [0.15, 0.2) is 12.4 Å². The molecule has 0 fully saturated rings. The van der Waals surface area contributed by atoms with Crippen LogP contribution >= 0.6 is 0 Å². The Hall–Kier alpha value is -4.26. The summed E-state index contributed by atoms with van der Waals surface area (Å²) in [5.74, 6) is -1.57. The van der Waals surface area contributed by atoms with E-state index in [-0.39, 0.29) is 18.7 Å². The van der Waals surface area contributed by atoms with Crippen molar-refractivity contribution in [1.82, 2.24) is 0 Å². The number of rotatable bonds is 9. The van der Waals surface area contributed by atoms with Gasteiger partial charge < -0.3 is 14.8 Å². The Morgan fingerprint density at radius 1 is 0.743 bits per heavy atom. The van der Waals surface area contributed by atoms with Crippen LogP contribution in [0, 0.1) is 20.8 Å². The second-order valence-electron chi connectivity index (χ2n) is 8.23. The number of carbonyl (C=O) groups is 4. The molecule has 7 nitrogen and oxygen atoms in total. The van der Waals surface area contributed by atoms with Gasteiger partial charge in [0.25, 0.3) is 0 Å². The minimum absolute atomic E-state index is 0.0541. The fourth-order valence-electron chi connectivity index (χ4n) is 3.16. The fourth-order valence-corrected chi connectivity index (χ4v) is 3.16. The first-order valence-corrected chi connectivity index (χ1v) is 11.2. The number of ether oxygens (including phenoxy) is 2. The van der Waals surface area contributed by atoms with Gasteiger partial charge in [-0.25, -0.2) is 4.79 Å². The first-order valence-electron chi connectivity index (χ1n) is 11.2. The van der Waals surface area contributed by atoms with Gasteiger partial charge in [0, 0.05) is 17.7 Å². The van der Waals surface area contributed by atoms with Gasteiger partial charge in [-0.3, -0.25) is 14.4 Å². The van der Waals surface area contributed by atoms with E-state index in [1.165, 1.54) is 24.3 Å². The predicted octanol–water partition coefficient (Wildman–Crippen LogP) is 4.98. The molecule has 3 aromatic rings. The summed E-state index contributed by atoms with van der Waals surface area (Å²) < 4.78 is 10.3. The molecule has 0 bridgehead atoms. The Morgan fingerprint density at radius 3 is 2.06 bits per heavy atom. The van der Waals surface area contributed by atoms with Crippen LogP contribution in [0.5, 0.6) is 5.75 Å². The topological polar surface area (TPSA) is 98.8 Å².